The monoisotopic (exact) mass is 394 g/mol. The zero-order chi connectivity index (χ0) is 19.5. The minimum absolute atomic E-state index is 0.0281. The van der Waals surface area contributed by atoms with Gasteiger partial charge in [-0.05, 0) is 47.1 Å². The summed E-state index contributed by atoms with van der Waals surface area (Å²) in [5, 5.41) is 0.210. The second kappa shape index (κ2) is 8.46. The highest BCUT2D eigenvalue weighted by molar-refractivity contribution is 6.31. The molecule has 0 aromatic heterocycles. The van der Waals surface area contributed by atoms with E-state index >= 15 is 0 Å². The molecule has 0 radical (unpaired) electrons. The quantitative estimate of drug-likeness (QED) is 0.395. The van der Waals surface area contributed by atoms with Crippen LogP contribution in [0.15, 0.2) is 60.7 Å². The van der Waals surface area contributed by atoms with Crippen LogP contribution in [0.1, 0.15) is 41.7 Å². The van der Waals surface area contributed by atoms with Gasteiger partial charge in [0.05, 0.1) is 11.6 Å². The molecular weight excluding hydrogens is 371 g/mol. The highest BCUT2D eigenvalue weighted by Gasteiger charge is 2.28. The van der Waals surface area contributed by atoms with E-state index < -0.39 is 0 Å². The molecule has 3 heteroatoms. The predicted molar refractivity (Wildman–Crippen MR) is 113 cm³/mol. The van der Waals surface area contributed by atoms with Crippen LogP contribution in [0.5, 0.6) is 0 Å². The molecule has 0 N–H and O–H groups in total. The molecule has 0 saturated carbocycles. The summed E-state index contributed by atoms with van der Waals surface area (Å²) in [7, 11) is 0. The van der Waals surface area contributed by atoms with Crippen LogP contribution in [0, 0.1) is 5.82 Å². The molecule has 1 atom stereocenters. The number of aryl methyl sites for hydroxylation is 3. The number of ether oxygens (including phenoxy) is 1. The van der Waals surface area contributed by atoms with Gasteiger partial charge in [-0.15, -0.1) is 0 Å². The van der Waals surface area contributed by atoms with Crippen molar-refractivity contribution in [2.24, 2.45) is 0 Å². The van der Waals surface area contributed by atoms with Crippen molar-refractivity contribution in [3.8, 4) is 11.1 Å². The summed E-state index contributed by atoms with van der Waals surface area (Å²) in [4.78, 5) is 0. The summed E-state index contributed by atoms with van der Waals surface area (Å²) in [6.45, 7) is 2.83. The second-order valence-electron chi connectivity index (χ2n) is 7.41. The third-order valence-corrected chi connectivity index (χ3v) is 5.72. The largest absolute Gasteiger partial charge is 0.368 e. The standard InChI is InChI=1S/C25H24ClFO/c1-2-3-17-4-9-19(10-5-17)20-11-6-18(7-12-20)8-13-21-14-15-22(23-16-28-23)24(26)25(21)27/h4-7,9-12,14-15,23H,2-3,8,13,16H2,1H3. The number of rotatable bonds is 7. The van der Waals surface area contributed by atoms with E-state index in [1.807, 2.05) is 12.1 Å². The van der Waals surface area contributed by atoms with Crippen molar-refractivity contribution in [3.05, 3.63) is 93.8 Å². The molecule has 1 fully saturated rings. The molecule has 0 amide bonds. The third kappa shape index (κ3) is 4.29. The van der Waals surface area contributed by atoms with Gasteiger partial charge in [-0.2, -0.15) is 0 Å². The van der Waals surface area contributed by atoms with E-state index in [4.69, 9.17) is 16.3 Å². The van der Waals surface area contributed by atoms with Gasteiger partial charge in [0.25, 0.3) is 0 Å². The van der Waals surface area contributed by atoms with Gasteiger partial charge in [0, 0.05) is 5.56 Å². The minimum atomic E-state index is -0.307. The van der Waals surface area contributed by atoms with E-state index in [0.29, 0.717) is 18.6 Å². The Kier molecular flexibility index (Phi) is 5.79. The fraction of sp³-hybridized carbons (Fsp3) is 0.280. The first kappa shape index (κ1) is 19.2. The molecule has 1 aliphatic heterocycles. The van der Waals surface area contributed by atoms with Gasteiger partial charge in [0.1, 0.15) is 11.9 Å². The van der Waals surface area contributed by atoms with Crippen molar-refractivity contribution in [3.63, 3.8) is 0 Å². The maximum Gasteiger partial charge on any atom is 0.145 e. The Balaban J connectivity index is 1.41. The van der Waals surface area contributed by atoms with E-state index in [2.05, 4.69) is 55.5 Å². The minimum Gasteiger partial charge on any atom is -0.368 e. The van der Waals surface area contributed by atoms with Crippen LogP contribution in [0.2, 0.25) is 5.02 Å². The summed E-state index contributed by atoms with van der Waals surface area (Å²) in [6.07, 6.45) is 3.66. The molecule has 28 heavy (non-hydrogen) atoms. The highest BCUT2D eigenvalue weighted by Crippen LogP contribution is 2.37. The predicted octanol–water partition coefficient (Wildman–Crippen LogP) is 6.96. The van der Waals surface area contributed by atoms with Gasteiger partial charge >= 0.3 is 0 Å². The molecule has 1 heterocycles. The lowest BCUT2D eigenvalue weighted by Gasteiger charge is -2.09. The van der Waals surface area contributed by atoms with Gasteiger partial charge in [-0.1, -0.05) is 85.6 Å². The average Bonchev–Trinajstić information content (AvgIpc) is 3.56. The van der Waals surface area contributed by atoms with Gasteiger partial charge in [0.2, 0.25) is 0 Å². The van der Waals surface area contributed by atoms with Crippen molar-refractivity contribution in [1.82, 2.24) is 0 Å². The number of hydrogen-bond donors (Lipinski definition) is 0. The third-order valence-electron chi connectivity index (χ3n) is 5.34. The molecule has 1 aliphatic rings. The summed E-state index contributed by atoms with van der Waals surface area (Å²) >= 11 is 6.18. The summed E-state index contributed by atoms with van der Waals surface area (Å²) in [5.74, 6) is -0.307. The summed E-state index contributed by atoms with van der Waals surface area (Å²) in [6, 6.07) is 21.0. The average molecular weight is 395 g/mol. The molecule has 4 rings (SSSR count). The van der Waals surface area contributed by atoms with E-state index in [1.54, 1.807) is 0 Å². The Morgan fingerprint density at radius 3 is 1.96 bits per heavy atom. The van der Waals surface area contributed by atoms with Crippen molar-refractivity contribution >= 4 is 11.6 Å². The Bertz CT molecular complexity index is 944. The Morgan fingerprint density at radius 1 is 0.857 bits per heavy atom. The fourth-order valence-electron chi connectivity index (χ4n) is 3.57. The number of epoxide rings is 1. The summed E-state index contributed by atoms with van der Waals surface area (Å²) in [5.41, 5.74) is 6.42. The van der Waals surface area contributed by atoms with E-state index in [9.17, 15) is 4.39 Å². The van der Waals surface area contributed by atoms with Gasteiger partial charge in [-0.25, -0.2) is 4.39 Å². The topological polar surface area (TPSA) is 12.5 Å². The van der Waals surface area contributed by atoms with Crippen LogP contribution >= 0.6 is 11.6 Å². The molecule has 1 nitrogen and oxygen atoms in total. The van der Waals surface area contributed by atoms with Crippen LogP contribution in [0.4, 0.5) is 4.39 Å². The smallest absolute Gasteiger partial charge is 0.145 e. The first-order valence-electron chi connectivity index (χ1n) is 9.92. The lowest BCUT2D eigenvalue weighted by atomic mass is 9.98. The maximum absolute atomic E-state index is 14.5. The SMILES string of the molecule is CCCc1ccc(-c2ccc(CCc3ccc(C4CO4)c(Cl)c3F)cc2)cc1. The van der Waals surface area contributed by atoms with Crippen LogP contribution in [-0.4, -0.2) is 6.61 Å². The highest BCUT2D eigenvalue weighted by atomic mass is 35.5. The molecule has 144 valence electrons. The number of hydrogen-bond acceptors (Lipinski definition) is 1. The molecule has 1 unspecified atom stereocenters. The molecule has 1 saturated heterocycles. The zero-order valence-electron chi connectivity index (χ0n) is 16.1. The molecular formula is C25H24ClFO. The molecule has 3 aromatic carbocycles. The Morgan fingerprint density at radius 2 is 1.43 bits per heavy atom. The number of benzene rings is 3. The lowest BCUT2D eigenvalue weighted by Crippen LogP contribution is -1.98. The van der Waals surface area contributed by atoms with Gasteiger partial charge < -0.3 is 4.74 Å². The van der Waals surface area contributed by atoms with Crippen molar-refractivity contribution in [1.29, 1.82) is 0 Å². The van der Waals surface area contributed by atoms with Crippen LogP contribution in [0.25, 0.3) is 11.1 Å². The van der Waals surface area contributed by atoms with Crippen molar-refractivity contribution in [2.45, 2.75) is 38.7 Å². The van der Waals surface area contributed by atoms with Gasteiger partial charge in [0.15, 0.2) is 0 Å². The van der Waals surface area contributed by atoms with Crippen LogP contribution < -0.4 is 0 Å². The Labute approximate surface area is 171 Å². The second-order valence-corrected chi connectivity index (χ2v) is 7.79. The Hall–Kier alpha value is -2.16. The molecule has 3 aromatic rings. The summed E-state index contributed by atoms with van der Waals surface area (Å²) < 4.78 is 19.8. The van der Waals surface area contributed by atoms with Crippen molar-refractivity contribution < 1.29 is 9.13 Å². The fourth-order valence-corrected chi connectivity index (χ4v) is 3.88. The molecule has 0 aliphatic carbocycles. The normalized spacial score (nSPS) is 15.6. The van der Waals surface area contributed by atoms with E-state index in [0.717, 1.165) is 24.8 Å². The van der Waals surface area contributed by atoms with Crippen LogP contribution in [0.3, 0.4) is 0 Å². The zero-order valence-corrected chi connectivity index (χ0v) is 16.8. The lowest BCUT2D eigenvalue weighted by molar-refractivity contribution is 0.414. The van der Waals surface area contributed by atoms with Crippen molar-refractivity contribution in [2.75, 3.05) is 6.61 Å². The van der Waals surface area contributed by atoms with Gasteiger partial charge in [-0.3, -0.25) is 0 Å². The molecule has 0 spiro atoms. The molecule has 0 bridgehead atoms. The van der Waals surface area contributed by atoms with E-state index in [1.165, 1.54) is 22.3 Å². The van der Waals surface area contributed by atoms with Crippen LogP contribution in [-0.2, 0) is 24.0 Å². The number of halogens is 2. The maximum atomic E-state index is 14.5. The van der Waals surface area contributed by atoms with E-state index in [-0.39, 0.29) is 16.9 Å². The first-order chi connectivity index (χ1) is 13.7. The first-order valence-corrected chi connectivity index (χ1v) is 10.3.